The number of terminal acetylenes is 1. The number of carbonyl (C=O) groups excluding carboxylic acids is 1. The molecule has 2 aromatic rings. The number of carbonyl (C=O) groups is 1. The Bertz CT molecular complexity index is 729. The van der Waals surface area contributed by atoms with Gasteiger partial charge in [0.25, 0.3) is 0 Å². The van der Waals surface area contributed by atoms with Gasteiger partial charge in [0.1, 0.15) is 5.82 Å². The molecule has 0 unspecified atom stereocenters. The van der Waals surface area contributed by atoms with E-state index in [0.29, 0.717) is 32.7 Å². The first-order chi connectivity index (χ1) is 10.7. The largest absolute Gasteiger partial charge is 0.383 e. The molecule has 3 rings (SSSR count). The quantitative estimate of drug-likeness (QED) is 0.788. The Labute approximate surface area is 129 Å². The Kier molecular flexibility index (Phi) is 4.12. The zero-order chi connectivity index (χ0) is 15.5. The van der Waals surface area contributed by atoms with Crippen molar-refractivity contribution in [1.29, 1.82) is 0 Å². The molecule has 1 amide bonds. The average molecular weight is 297 g/mol. The minimum atomic E-state index is 0.0881. The summed E-state index contributed by atoms with van der Waals surface area (Å²) in [7, 11) is 1.64. The number of ether oxygens (including phenoxy) is 1. The van der Waals surface area contributed by atoms with Gasteiger partial charge in [-0.1, -0.05) is 18.1 Å². The van der Waals surface area contributed by atoms with Crippen molar-refractivity contribution in [2.24, 2.45) is 0 Å². The van der Waals surface area contributed by atoms with Crippen LogP contribution in [-0.4, -0.2) is 47.2 Å². The fourth-order valence-electron chi connectivity index (χ4n) is 3.03. The van der Waals surface area contributed by atoms with Crippen LogP contribution >= 0.6 is 0 Å². The maximum absolute atomic E-state index is 12.1. The Morgan fingerprint density at radius 1 is 1.45 bits per heavy atom. The van der Waals surface area contributed by atoms with E-state index in [1.807, 2.05) is 33.7 Å². The maximum Gasteiger partial charge on any atom is 0.223 e. The summed E-state index contributed by atoms with van der Waals surface area (Å²) in [4.78, 5) is 18.7. The van der Waals surface area contributed by atoms with E-state index in [1.165, 1.54) is 0 Å². The predicted molar refractivity (Wildman–Crippen MR) is 84.4 cm³/mol. The highest BCUT2D eigenvalue weighted by Crippen LogP contribution is 2.30. The van der Waals surface area contributed by atoms with Crippen LogP contribution in [0, 0.1) is 12.3 Å². The first-order valence-corrected chi connectivity index (χ1v) is 7.40. The zero-order valence-electron chi connectivity index (χ0n) is 12.7. The molecule has 0 radical (unpaired) electrons. The molecule has 1 fully saturated rings. The normalized spacial score (nSPS) is 18.1. The van der Waals surface area contributed by atoms with Crippen molar-refractivity contribution in [3.8, 4) is 12.3 Å². The lowest BCUT2D eigenvalue weighted by Crippen LogP contribution is -2.28. The van der Waals surface area contributed by atoms with E-state index in [4.69, 9.17) is 16.1 Å². The molecule has 5 nitrogen and oxygen atoms in total. The number of hydrogen-bond acceptors (Lipinski definition) is 3. The minimum Gasteiger partial charge on any atom is -0.383 e. The third-order valence-electron chi connectivity index (χ3n) is 4.08. The lowest BCUT2D eigenvalue weighted by atomic mass is 10.1. The minimum absolute atomic E-state index is 0.0881. The van der Waals surface area contributed by atoms with Gasteiger partial charge in [0, 0.05) is 32.5 Å². The van der Waals surface area contributed by atoms with Crippen LogP contribution in [-0.2, 0) is 16.1 Å². The molecular weight excluding hydrogens is 278 g/mol. The van der Waals surface area contributed by atoms with Crippen molar-refractivity contribution < 1.29 is 9.53 Å². The summed E-state index contributed by atoms with van der Waals surface area (Å²) in [5.74, 6) is 3.84. The van der Waals surface area contributed by atoms with Crippen LogP contribution in [0.15, 0.2) is 24.3 Å². The van der Waals surface area contributed by atoms with Crippen molar-refractivity contribution >= 4 is 16.9 Å². The molecule has 0 bridgehead atoms. The number of aromatic nitrogens is 2. The molecule has 0 spiro atoms. The predicted octanol–water partition coefficient (Wildman–Crippen LogP) is 1.63. The lowest BCUT2D eigenvalue weighted by molar-refractivity contribution is -0.128. The van der Waals surface area contributed by atoms with Crippen LogP contribution < -0.4 is 0 Å². The number of fused-ring (bicyclic) bond motifs is 1. The molecular formula is C17H19N3O2. The topological polar surface area (TPSA) is 47.4 Å². The molecule has 2 heterocycles. The van der Waals surface area contributed by atoms with Crippen LogP contribution in [0.5, 0.6) is 0 Å². The van der Waals surface area contributed by atoms with Gasteiger partial charge in [-0.3, -0.25) is 4.79 Å². The summed E-state index contributed by atoms with van der Waals surface area (Å²) in [6.07, 6.45) is 5.99. The summed E-state index contributed by atoms with van der Waals surface area (Å²) in [6.45, 7) is 2.33. The van der Waals surface area contributed by atoms with Crippen molar-refractivity contribution in [1.82, 2.24) is 14.5 Å². The van der Waals surface area contributed by atoms with Crippen LogP contribution in [0.4, 0.5) is 0 Å². The monoisotopic (exact) mass is 297 g/mol. The molecule has 1 atom stereocenters. The molecule has 114 valence electrons. The van der Waals surface area contributed by atoms with Gasteiger partial charge in [-0.05, 0) is 12.1 Å². The van der Waals surface area contributed by atoms with Gasteiger partial charge in [-0.15, -0.1) is 6.42 Å². The Balaban J connectivity index is 1.92. The summed E-state index contributed by atoms with van der Waals surface area (Å²) >= 11 is 0. The highest BCUT2D eigenvalue weighted by atomic mass is 16.5. The van der Waals surface area contributed by atoms with Crippen LogP contribution in [0.25, 0.3) is 11.0 Å². The number of rotatable bonds is 5. The van der Waals surface area contributed by atoms with Crippen LogP contribution in [0.1, 0.15) is 18.2 Å². The highest BCUT2D eigenvalue weighted by Gasteiger charge is 2.33. The zero-order valence-corrected chi connectivity index (χ0v) is 12.7. The molecule has 0 saturated carbocycles. The second-order valence-electron chi connectivity index (χ2n) is 5.48. The number of para-hydroxylation sites is 2. The Morgan fingerprint density at radius 2 is 2.27 bits per heavy atom. The van der Waals surface area contributed by atoms with E-state index in [9.17, 15) is 4.79 Å². The SMILES string of the molecule is C#CCn1c([C@@H]2CC(=O)N(CCOC)C2)nc2ccccc21. The summed E-state index contributed by atoms with van der Waals surface area (Å²) < 4.78 is 7.11. The molecule has 0 N–H and O–H groups in total. The number of hydrogen-bond donors (Lipinski definition) is 0. The molecule has 0 aliphatic carbocycles. The number of nitrogens with zero attached hydrogens (tertiary/aromatic N) is 3. The number of imidazole rings is 1. The van der Waals surface area contributed by atoms with Gasteiger partial charge >= 0.3 is 0 Å². The third kappa shape index (κ3) is 2.58. The summed E-state index contributed by atoms with van der Waals surface area (Å²) in [5.41, 5.74) is 1.95. The summed E-state index contributed by atoms with van der Waals surface area (Å²) in [5, 5.41) is 0. The number of benzene rings is 1. The van der Waals surface area contributed by atoms with Gasteiger partial charge < -0.3 is 14.2 Å². The van der Waals surface area contributed by atoms with Crippen molar-refractivity contribution in [2.45, 2.75) is 18.9 Å². The number of amides is 1. The molecule has 1 aromatic carbocycles. The smallest absolute Gasteiger partial charge is 0.223 e. The second kappa shape index (κ2) is 6.20. The van der Waals surface area contributed by atoms with E-state index in [-0.39, 0.29) is 11.8 Å². The van der Waals surface area contributed by atoms with Crippen molar-refractivity contribution in [3.05, 3.63) is 30.1 Å². The molecule has 1 saturated heterocycles. The first-order valence-electron chi connectivity index (χ1n) is 7.40. The maximum atomic E-state index is 12.1. The summed E-state index contributed by atoms with van der Waals surface area (Å²) in [6, 6.07) is 7.93. The van der Waals surface area contributed by atoms with Crippen molar-refractivity contribution in [3.63, 3.8) is 0 Å². The second-order valence-corrected chi connectivity index (χ2v) is 5.48. The fourth-order valence-corrected chi connectivity index (χ4v) is 3.03. The fraction of sp³-hybridized carbons (Fsp3) is 0.412. The Hall–Kier alpha value is -2.32. The first kappa shape index (κ1) is 14.6. The number of likely N-dealkylation sites (tertiary alicyclic amines) is 1. The third-order valence-corrected chi connectivity index (χ3v) is 4.08. The lowest BCUT2D eigenvalue weighted by Gasteiger charge is -2.16. The van der Waals surface area contributed by atoms with Gasteiger partial charge in [-0.25, -0.2) is 4.98 Å². The molecule has 5 heteroatoms. The van der Waals surface area contributed by atoms with E-state index in [2.05, 4.69) is 5.92 Å². The molecule has 1 aromatic heterocycles. The molecule has 1 aliphatic heterocycles. The highest BCUT2D eigenvalue weighted by molar-refractivity contribution is 5.81. The number of methoxy groups -OCH3 is 1. The molecule has 22 heavy (non-hydrogen) atoms. The van der Waals surface area contributed by atoms with Crippen molar-refractivity contribution in [2.75, 3.05) is 26.8 Å². The van der Waals surface area contributed by atoms with Gasteiger partial charge in [0.15, 0.2) is 0 Å². The van der Waals surface area contributed by atoms with E-state index >= 15 is 0 Å². The van der Waals surface area contributed by atoms with Gasteiger partial charge in [-0.2, -0.15) is 0 Å². The Morgan fingerprint density at radius 3 is 3.05 bits per heavy atom. The van der Waals surface area contributed by atoms with E-state index in [0.717, 1.165) is 16.9 Å². The van der Waals surface area contributed by atoms with Crippen LogP contribution in [0.2, 0.25) is 0 Å². The van der Waals surface area contributed by atoms with E-state index in [1.54, 1.807) is 7.11 Å². The average Bonchev–Trinajstić information content (AvgIpc) is 3.07. The molecule has 1 aliphatic rings. The van der Waals surface area contributed by atoms with Gasteiger partial charge in [0.05, 0.1) is 24.2 Å². The van der Waals surface area contributed by atoms with Crippen LogP contribution in [0.3, 0.4) is 0 Å². The van der Waals surface area contributed by atoms with E-state index < -0.39 is 0 Å². The van der Waals surface area contributed by atoms with Gasteiger partial charge in [0.2, 0.25) is 5.91 Å². The standard InChI is InChI=1S/C17H19N3O2/c1-3-8-20-15-7-5-4-6-14(15)18-17(20)13-11-16(21)19(12-13)9-10-22-2/h1,4-7,13H,8-12H2,2H3/t13-/m1/s1.